The first-order valence-electron chi connectivity index (χ1n) is 12.8. The molecule has 1 aromatic heterocycles. The molecule has 9 heteroatoms. The third kappa shape index (κ3) is 6.20. The van der Waals surface area contributed by atoms with Crippen molar-refractivity contribution < 1.29 is 19.4 Å². The van der Waals surface area contributed by atoms with Crippen molar-refractivity contribution in [2.24, 2.45) is 0 Å². The monoisotopic (exact) mass is 535 g/mol. The molecule has 0 fully saturated rings. The third-order valence-electron chi connectivity index (χ3n) is 6.32. The number of rotatable bonds is 5. The number of carbonyl (C=O) groups is 2. The van der Waals surface area contributed by atoms with Crippen molar-refractivity contribution in [2.75, 3.05) is 18.6 Å². The average Bonchev–Trinajstić information content (AvgIpc) is 3.38. The number of nitrogens with zero attached hydrogens (tertiary/aromatic N) is 4. The normalized spacial score (nSPS) is 14.8. The van der Waals surface area contributed by atoms with E-state index in [1.165, 1.54) is 11.2 Å². The number of aromatic nitrogens is 3. The van der Waals surface area contributed by atoms with Gasteiger partial charge in [-0.05, 0) is 48.7 Å². The second-order valence-electron chi connectivity index (χ2n) is 10.1. The van der Waals surface area contributed by atoms with E-state index in [9.17, 15) is 14.7 Å². The summed E-state index contributed by atoms with van der Waals surface area (Å²) < 4.78 is 7.42. The lowest BCUT2D eigenvalue weighted by atomic mass is 10.0. The summed E-state index contributed by atoms with van der Waals surface area (Å²) >= 11 is 0. The summed E-state index contributed by atoms with van der Waals surface area (Å²) in [6.45, 7) is 3.58. The van der Waals surface area contributed by atoms with Gasteiger partial charge in [-0.1, -0.05) is 66.4 Å². The Labute approximate surface area is 232 Å². The van der Waals surface area contributed by atoms with Crippen molar-refractivity contribution >= 4 is 17.5 Å². The highest BCUT2D eigenvalue weighted by molar-refractivity contribution is 6.02. The Morgan fingerprint density at radius 3 is 2.55 bits per heavy atom. The lowest BCUT2D eigenvalue weighted by molar-refractivity contribution is -0.120. The molecule has 0 radical (unpaired) electrons. The number of fused-ring (bicyclic) bond motifs is 1. The third-order valence-corrected chi connectivity index (χ3v) is 6.32. The molecule has 2 heterocycles. The van der Waals surface area contributed by atoms with Crippen LogP contribution in [0, 0.1) is 11.8 Å². The molecule has 0 spiro atoms. The summed E-state index contributed by atoms with van der Waals surface area (Å²) in [4.78, 5) is 31.7. The van der Waals surface area contributed by atoms with E-state index in [0.29, 0.717) is 23.5 Å². The van der Waals surface area contributed by atoms with Gasteiger partial charge in [0.05, 0.1) is 12.2 Å². The van der Waals surface area contributed by atoms with Gasteiger partial charge in [-0.3, -0.25) is 9.59 Å². The van der Waals surface area contributed by atoms with Crippen molar-refractivity contribution in [3.8, 4) is 28.7 Å². The van der Waals surface area contributed by atoms with E-state index in [4.69, 9.17) is 4.74 Å². The second kappa shape index (κ2) is 11.0. The maximum atomic E-state index is 13.2. The predicted molar refractivity (Wildman–Crippen MR) is 151 cm³/mol. The van der Waals surface area contributed by atoms with Crippen LogP contribution in [-0.2, 0) is 11.3 Å². The number of ether oxygens (including phenoxy) is 1. The highest BCUT2D eigenvalue weighted by atomic mass is 16.5. The maximum Gasteiger partial charge on any atom is 0.291 e. The number of hydrogen-bond acceptors (Lipinski definition) is 6. The van der Waals surface area contributed by atoms with Crippen molar-refractivity contribution in [3.05, 3.63) is 96.1 Å². The van der Waals surface area contributed by atoms with Gasteiger partial charge in [0, 0.05) is 12.6 Å². The number of benzene rings is 3. The summed E-state index contributed by atoms with van der Waals surface area (Å²) in [5.41, 5.74) is 3.26. The lowest BCUT2D eigenvalue weighted by Gasteiger charge is -2.20. The van der Waals surface area contributed by atoms with Gasteiger partial charge in [0.15, 0.2) is 0 Å². The molecule has 0 saturated carbocycles. The van der Waals surface area contributed by atoms with E-state index in [0.717, 1.165) is 16.7 Å². The molecule has 202 valence electrons. The summed E-state index contributed by atoms with van der Waals surface area (Å²) in [7, 11) is 1.61. The van der Waals surface area contributed by atoms with Crippen molar-refractivity contribution in [1.82, 2.24) is 20.1 Å². The van der Waals surface area contributed by atoms with Gasteiger partial charge < -0.3 is 20.1 Å². The number of anilines is 1. The zero-order valence-electron chi connectivity index (χ0n) is 22.5. The van der Waals surface area contributed by atoms with E-state index < -0.39 is 17.6 Å². The minimum absolute atomic E-state index is 0.0395. The molecule has 5 rings (SSSR count). The van der Waals surface area contributed by atoms with Crippen LogP contribution in [0.2, 0.25) is 0 Å². The second-order valence-corrected chi connectivity index (χ2v) is 10.1. The summed E-state index contributed by atoms with van der Waals surface area (Å²) in [5.74, 6) is 5.18. The maximum absolute atomic E-state index is 13.2. The van der Waals surface area contributed by atoms with E-state index in [-0.39, 0.29) is 18.3 Å². The molecule has 40 heavy (non-hydrogen) atoms. The van der Waals surface area contributed by atoms with Crippen LogP contribution >= 0.6 is 0 Å². The van der Waals surface area contributed by atoms with Gasteiger partial charge in [-0.15, -0.1) is 5.10 Å². The standard InChI is InChI=1S/C31H29N5O4/c1-31(2,39)16-15-21-11-14-27-26(17-21)35(3)30(38)25(19-40-27)33-29(37)28-32-20-36(34-28)18-22-9-12-24(13-10-22)23-7-5-4-6-8-23/h4-14,17,20,25,39H,18-19H2,1-3H3,(H,33,37)/t25-/m1/s1. The van der Waals surface area contributed by atoms with Gasteiger partial charge in [0.1, 0.15) is 30.3 Å². The van der Waals surface area contributed by atoms with E-state index >= 15 is 0 Å². The molecule has 0 bridgehead atoms. The Kier molecular flexibility index (Phi) is 7.36. The number of nitrogens with one attached hydrogen (secondary N) is 1. The molecule has 4 aromatic rings. The fourth-order valence-electron chi connectivity index (χ4n) is 4.22. The fourth-order valence-corrected chi connectivity index (χ4v) is 4.22. The fraction of sp³-hybridized carbons (Fsp3) is 0.226. The highest BCUT2D eigenvalue weighted by Gasteiger charge is 2.31. The molecule has 0 saturated heterocycles. The first kappa shape index (κ1) is 26.7. The van der Waals surface area contributed by atoms with Gasteiger partial charge in [0.25, 0.3) is 11.8 Å². The number of likely N-dealkylation sites (N-methyl/N-ethyl adjacent to an activating group) is 1. The van der Waals surface area contributed by atoms with Gasteiger partial charge in [0.2, 0.25) is 5.82 Å². The van der Waals surface area contributed by atoms with Crippen molar-refractivity contribution in [3.63, 3.8) is 0 Å². The van der Waals surface area contributed by atoms with Crippen LogP contribution in [0.3, 0.4) is 0 Å². The van der Waals surface area contributed by atoms with Crippen LogP contribution in [-0.4, -0.2) is 57.0 Å². The SMILES string of the molecule is CN1C(=O)[C@H](NC(=O)c2ncn(Cc3ccc(-c4ccccc4)cc3)n2)COc2ccc(C#CC(C)(C)O)cc21. The molecular formula is C31H29N5O4. The largest absolute Gasteiger partial charge is 0.489 e. The first-order valence-corrected chi connectivity index (χ1v) is 12.8. The minimum Gasteiger partial charge on any atom is -0.489 e. The zero-order valence-corrected chi connectivity index (χ0v) is 22.5. The lowest BCUT2D eigenvalue weighted by Crippen LogP contribution is -2.49. The highest BCUT2D eigenvalue weighted by Crippen LogP contribution is 2.31. The quantitative estimate of drug-likeness (QED) is 0.380. The van der Waals surface area contributed by atoms with Gasteiger partial charge >= 0.3 is 0 Å². The van der Waals surface area contributed by atoms with E-state index in [2.05, 4.69) is 39.4 Å². The molecule has 0 unspecified atom stereocenters. The summed E-state index contributed by atoms with van der Waals surface area (Å²) in [5, 5.41) is 16.9. The Morgan fingerprint density at radius 1 is 1.10 bits per heavy atom. The number of amides is 2. The number of hydrogen-bond donors (Lipinski definition) is 2. The summed E-state index contributed by atoms with van der Waals surface area (Å²) in [6.07, 6.45) is 1.49. The molecule has 1 atom stereocenters. The Balaban J connectivity index is 1.23. The average molecular weight is 536 g/mol. The van der Waals surface area contributed by atoms with Crippen LogP contribution in [0.4, 0.5) is 5.69 Å². The van der Waals surface area contributed by atoms with E-state index in [1.54, 1.807) is 43.8 Å². The molecule has 2 N–H and O–H groups in total. The minimum atomic E-state index is -1.14. The van der Waals surface area contributed by atoms with Gasteiger partial charge in [-0.25, -0.2) is 9.67 Å². The van der Waals surface area contributed by atoms with Crippen LogP contribution in [0.25, 0.3) is 11.1 Å². The van der Waals surface area contributed by atoms with Crippen LogP contribution in [0.5, 0.6) is 5.75 Å². The molecule has 1 aliphatic heterocycles. The first-order chi connectivity index (χ1) is 19.2. The van der Waals surface area contributed by atoms with Crippen molar-refractivity contribution in [2.45, 2.75) is 32.0 Å². The Hall–Kier alpha value is -4.94. The van der Waals surface area contributed by atoms with Gasteiger partial charge in [-0.2, -0.15) is 0 Å². The summed E-state index contributed by atoms with van der Waals surface area (Å²) in [6, 6.07) is 22.5. The van der Waals surface area contributed by atoms with Crippen LogP contribution in [0.15, 0.2) is 79.1 Å². The Morgan fingerprint density at radius 2 is 1.82 bits per heavy atom. The molecular weight excluding hydrogens is 506 g/mol. The van der Waals surface area contributed by atoms with Crippen LogP contribution < -0.4 is 15.0 Å². The number of carbonyl (C=O) groups excluding carboxylic acids is 2. The molecule has 2 amide bonds. The predicted octanol–water partition coefficient (Wildman–Crippen LogP) is 3.27. The molecule has 3 aromatic carbocycles. The molecule has 1 aliphatic rings. The molecule has 9 nitrogen and oxygen atoms in total. The zero-order chi connectivity index (χ0) is 28.3. The topological polar surface area (TPSA) is 110 Å². The van der Waals surface area contributed by atoms with E-state index in [1.807, 2.05) is 42.5 Å². The number of aliphatic hydroxyl groups is 1. The van der Waals surface area contributed by atoms with Crippen molar-refractivity contribution in [1.29, 1.82) is 0 Å². The van der Waals surface area contributed by atoms with Crippen LogP contribution in [0.1, 0.15) is 35.6 Å². The smallest absolute Gasteiger partial charge is 0.291 e. The Bertz CT molecular complexity index is 1590. The molecule has 0 aliphatic carbocycles.